The van der Waals surface area contributed by atoms with Crippen molar-refractivity contribution in [3.05, 3.63) is 30.3 Å². The van der Waals surface area contributed by atoms with Crippen molar-refractivity contribution in [3.63, 3.8) is 0 Å². The standard InChI is InChI=1S/C26H38N6O2/c1-20(21-8-16-33-17-9-21)27-24-28-23(22-6-4-3-5-7-22)29-25(30-24)31-12-10-26(2,11-13-31)32-14-18-34-19-15-32/h3-7,20-21H,8-19H2,1-2H3,(H,27,28,29,30). The molecule has 2 aromatic rings. The van der Waals surface area contributed by atoms with Crippen LogP contribution in [0.25, 0.3) is 11.4 Å². The lowest BCUT2D eigenvalue weighted by Gasteiger charge is -2.48. The Morgan fingerprint density at radius 3 is 2.29 bits per heavy atom. The van der Waals surface area contributed by atoms with Crippen LogP contribution in [0.4, 0.5) is 11.9 Å². The van der Waals surface area contributed by atoms with Crippen LogP contribution >= 0.6 is 0 Å². The van der Waals surface area contributed by atoms with Gasteiger partial charge in [0.05, 0.1) is 13.2 Å². The quantitative estimate of drug-likeness (QED) is 0.694. The molecule has 1 aromatic carbocycles. The van der Waals surface area contributed by atoms with Crippen LogP contribution in [0.2, 0.25) is 0 Å². The molecule has 1 atom stereocenters. The summed E-state index contributed by atoms with van der Waals surface area (Å²) in [5.74, 6) is 2.75. The minimum Gasteiger partial charge on any atom is -0.381 e. The number of rotatable bonds is 6. The van der Waals surface area contributed by atoms with E-state index in [4.69, 9.17) is 24.4 Å². The van der Waals surface area contributed by atoms with E-state index in [2.05, 4.69) is 41.1 Å². The van der Waals surface area contributed by atoms with Gasteiger partial charge in [-0.25, -0.2) is 0 Å². The normalized spacial score (nSPS) is 22.9. The SMILES string of the molecule is CC(Nc1nc(-c2ccccc2)nc(N2CCC(C)(N3CCOCC3)CC2)n1)C1CCOCC1. The van der Waals surface area contributed by atoms with Gasteiger partial charge in [-0.1, -0.05) is 30.3 Å². The maximum absolute atomic E-state index is 5.58. The molecule has 8 heteroatoms. The number of benzene rings is 1. The third-order valence-corrected chi connectivity index (χ3v) is 7.88. The zero-order chi connectivity index (χ0) is 23.4. The Balaban J connectivity index is 1.35. The number of hydrogen-bond acceptors (Lipinski definition) is 8. The Morgan fingerprint density at radius 2 is 1.59 bits per heavy atom. The first kappa shape index (κ1) is 23.5. The molecule has 0 bridgehead atoms. The summed E-state index contributed by atoms with van der Waals surface area (Å²) in [4.78, 5) is 19.6. The Kier molecular flexibility index (Phi) is 7.27. The first-order valence-electron chi connectivity index (χ1n) is 12.8. The van der Waals surface area contributed by atoms with Crippen molar-refractivity contribution in [1.82, 2.24) is 19.9 Å². The molecule has 0 amide bonds. The van der Waals surface area contributed by atoms with Gasteiger partial charge in [0.1, 0.15) is 0 Å². The number of piperidine rings is 1. The fourth-order valence-electron chi connectivity index (χ4n) is 5.43. The van der Waals surface area contributed by atoms with Gasteiger partial charge in [0.2, 0.25) is 11.9 Å². The molecule has 3 fully saturated rings. The van der Waals surface area contributed by atoms with Crippen molar-refractivity contribution >= 4 is 11.9 Å². The summed E-state index contributed by atoms with van der Waals surface area (Å²) in [6.07, 6.45) is 4.34. The van der Waals surface area contributed by atoms with Crippen LogP contribution in [-0.4, -0.2) is 84.0 Å². The lowest BCUT2D eigenvalue weighted by Crippen LogP contribution is -2.57. The average Bonchev–Trinajstić information content (AvgIpc) is 2.90. The largest absolute Gasteiger partial charge is 0.381 e. The molecule has 1 N–H and O–H groups in total. The van der Waals surface area contributed by atoms with Crippen LogP contribution in [0.1, 0.15) is 39.5 Å². The van der Waals surface area contributed by atoms with E-state index in [1.807, 2.05) is 18.2 Å². The summed E-state index contributed by atoms with van der Waals surface area (Å²) in [6.45, 7) is 11.9. The van der Waals surface area contributed by atoms with Crippen LogP contribution in [-0.2, 0) is 9.47 Å². The van der Waals surface area contributed by atoms with E-state index in [1.54, 1.807) is 0 Å². The number of anilines is 2. The molecule has 0 radical (unpaired) electrons. The van der Waals surface area contributed by atoms with E-state index in [1.165, 1.54) is 0 Å². The van der Waals surface area contributed by atoms with Gasteiger partial charge in [0.15, 0.2) is 5.82 Å². The number of morpholine rings is 1. The number of hydrogen-bond donors (Lipinski definition) is 1. The molecular weight excluding hydrogens is 428 g/mol. The molecular formula is C26H38N6O2. The minimum atomic E-state index is 0.216. The predicted molar refractivity (Wildman–Crippen MR) is 134 cm³/mol. The van der Waals surface area contributed by atoms with Crippen molar-refractivity contribution < 1.29 is 9.47 Å². The van der Waals surface area contributed by atoms with Crippen molar-refractivity contribution in [2.45, 2.75) is 51.1 Å². The second kappa shape index (κ2) is 10.5. The van der Waals surface area contributed by atoms with Crippen LogP contribution in [0.3, 0.4) is 0 Å². The summed E-state index contributed by atoms with van der Waals surface area (Å²) >= 11 is 0. The van der Waals surface area contributed by atoms with E-state index in [0.29, 0.717) is 11.9 Å². The topological polar surface area (TPSA) is 75.6 Å². The smallest absolute Gasteiger partial charge is 0.230 e. The first-order chi connectivity index (χ1) is 16.6. The van der Waals surface area contributed by atoms with Gasteiger partial charge >= 0.3 is 0 Å². The number of aromatic nitrogens is 3. The van der Waals surface area contributed by atoms with Crippen molar-refractivity contribution in [2.75, 3.05) is 62.8 Å². The predicted octanol–water partition coefficient (Wildman–Crippen LogP) is 3.46. The summed E-state index contributed by atoms with van der Waals surface area (Å²) in [5.41, 5.74) is 1.23. The Labute approximate surface area is 203 Å². The highest BCUT2D eigenvalue weighted by Gasteiger charge is 2.37. The Morgan fingerprint density at radius 1 is 0.912 bits per heavy atom. The maximum atomic E-state index is 5.58. The van der Waals surface area contributed by atoms with Crippen LogP contribution in [0.15, 0.2) is 30.3 Å². The summed E-state index contributed by atoms with van der Waals surface area (Å²) < 4.78 is 11.1. The fraction of sp³-hybridized carbons (Fsp3) is 0.654. The third kappa shape index (κ3) is 5.34. The lowest BCUT2D eigenvalue weighted by molar-refractivity contribution is -0.0249. The van der Waals surface area contributed by atoms with Crippen molar-refractivity contribution in [1.29, 1.82) is 0 Å². The van der Waals surface area contributed by atoms with Gasteiger partial charge in [-0.2, -0.15) is 15.0 Å². The lowest BCUT2D eigenvalue weighted by atomic mass is 9.87. The van der Waals surface area contributed by atoms with Gasteiger partial charge in [-0.3, -0.25) is 4.90 Å². The third-order valence-electron chi connectivity index (χ3n) is 7.88. The monoisotopic (exact) mass is 466 g/mol. The van der Waals surface area contributed by atoms with Crippen LogP contribution in [0, 0.1) is 5.92 Å². The Hall–Kier alpha value is -2.29. The molecule has 1 unspecified atom stereocenters. The molecule has 34 heavy (non-hydrogen) atoms. The number of nitrogens with zero attached hydrogens (tertiary/aromatic N) is 5. The molecule has 3 saturated heterocycles. The molecule has 3 aliphatic heterocycles. The zero-order valence-electron chi connectivity index (χ0n) is 20.6. The van der Waals surface area contributed by atoms with Gasteiger partial charge in [0.25, 0.3) is 0 Å². The fourth-order valence-corrected chi connectivity index (χ4v) is 5.43. The molecule has 0 aliphatic carbocycles. The second-order valence-electron chi connectivity index (χ2n) is 10.1. The summed E-state index contributed by atoms with van der Waals surface area (Å²) in [7, 11) is 0. The molecule has 3 aliphatic rings. The minimum absolute atomic E-state index is 0.216. The average molecular weight is 467 g/mol. The van der Waals surface area contributed by atoms with E-state index in [0.717, 1.165) is 95.6 Å². The Bertz CT molecular complexity index is 922. The molecule has 0 saturated carbocycles. The van der Waals surface area contributed by atoms with Crippen LogP contribution in [0.5, 0.6) is 0 Å². The molecule has 184 valence electrons. The molecule has 1 aromatic heterocycles. The van der Waals surface area contributed by atoms with Gasteiger partial charge < -0.3 is 19.7 Å². The van der Waals surface area contributed by atoms with E-state index < -0.39 is 0 Å². The van der Waals surface area contributed by atoms with Crippen molar-refractivity contribution in [2.24, 2.45) is 5.92 Å². The molecule has 4 heterocycles. The first-order valence-corrected chi connectivity index (χ1v) is 12.8. The number of nitrogens with one attached hydrogen (secondary N) is 1. The summed E-state index contributed by atoms with van der Waals surface area (Å²) in [5, 5.41) is 3.60. The van der Waals surface area contributed by atoms with Gasteiger partial charge in [0, 0.05) is 56.5 Å². The van der Waals surface area contributed by atoms with E-state index in [9.17, 15) is 0 Å². The second-order valence-corrected chi connectivity index (χ2v) is 10.1. The highest BCUT2D eigenvalue weighted by molar-refractivity contribution is 5.58. The molecule has 5 rings (SSSR count). The van der Waals surface area contributed by atoms with E-state index in [-0.39, 0.29) is 11.6 Å². The highest BCUT2D eigenvalue weighted by atomic mass is 16.5. The number of ether oxygens (including phenoxy) is 2. The van der Waals surface area contributed by atoms with Gasteiger partial charge in [-0.15, -0.1) is 0 Å². The molecule has 0 spiro atoms. The highest BCUT2D eigenvalue weighted by Crippen LogP contribution is 2.31. The zero-order valence-corrected chi connectivity index (χ0v) is 20.6. The molecule has 8 nitrogen and oxygen atoms in total. The van der Waals surface area contributed by atoms with E-state index >= 15 is 0 Å². The maximum Gasteiger partial charge on any atom is 0.230 e. The van der Waals surface area contributed by atoms with Gasteiger partial charge in [-0.05, 0) is 45.4 Å². The summed E-state index contributed by atoms with van der Waals surface area (Å²) in [6, 6.07) is 10.5. The van der Waals surface area contributed by atoms with Crippen molar-refractivity contribution in [3.8, 4) is 11.4 Å². The van der Waals surface area contributed by atoms with Crippen LogP contribution < -0.4 is 10.2 Å².